The molecule has 0 bridgehead atoms. The van der Waals surface area contributed by atoms with Crippen molar-refractivity contribution in [3.63, 3.8) is 0 Å². The van der Waals surface area contributed by atoms with E-state index in [-0.39, 0.29) is 96.9 Å². The highest BCUT2D eigenvalue weighted by Crippen LogP contribution is 2.77. The zero-order chi connectivity index (χ0) is 50.7. The Balaban J connectivity index is 1.08. The van der Waals surface area contributed by atoms with Gasteiger partial charge in [0.25, 0.3) is 0 Å². The maximum atomic E-state index is 15.8. The van der Waals surface area contributed by atoms with Crippen molar-refractivity contribution in [1.82, 2.24) is 0 Å². The summed E-state index contributed by atoms with van der Waals surface area (Å²) in [6, 6.07) is 0. The molecule has 0 N–H and O–H groups in total. The van der Waals surface area contributed by atoms with E-state index in [1.165, 1.54) is 13.5 Å². The highest BCUT2D eigenvalue weighted by atomic mass is 16.5. The summed E-state index contributed by atoms with van der Waals surface area (Å²) in [5, 5.41) is 0. The zero-order valence-electron chi connectivity index (χ0n) is 45.5. The number of rotatable bonds is 3. The minimum absolute atomic E-state index is 0.0258. The van der Waals surface area contributed by atoms with Gasteiger partial charge in [-0.3, -0.25) is 28.8 Å². The van der Waals surface area contributed by atoms with Crippen LogP contribution in [0.4, 0.5) is 0 Å². The fourth-order valence-electron chi connectivity index (χ4n) is 20.4. The Hall–Kier alpha value is -3.22. The van der Waals surface area contributed by atoms with E-state index in [0.717, 1.165) is 75.4 Å². The van der Waals surface area contributed by atoms with Gasteiger partial charge < -0.3 is 4.74 Å². The van der Waals surface area contributed by atoms with E-state index in [9.17, 15) is 4.79 Å². The summed E-state index contributed by atoms with van der Waals surface area (Å²) >= 11 is 0. The van der Waals surface area contributed by atoms with Crippen LogP contribution in [0, 0.1) is 100 Å². The molecule has 1 unspecified atom stereocenters. The van der Waals surface area contributed by atoms with E-state index in [2.05, 4.69) is 76.2 Å². The molecular formula is C62H86O7. The highest BCUT2D eigenvalue weighted by Gasteiger charge is 2.73. The third kappa shape index (κ3) is 5.97. The summed E-state index contributed by atoms with van der Waals surface area (Å²) in [7, 11) is 1.48. The van der Waals surface area contributed by atoms with Gasteiger partial charge >= 0.3 is 5.97 Å². The van der Waals surface area contributed by atoms with Crippen LogP contribution in [0.1, 0.15) is 194 Å². The molecule has 6 fully saturated rings. The van der Waals surface area contributed by atoms with Gasteiger partial charge in [-0.2, -0.15) is 0 Å². The second-order valence-corrected chi connectivity index (χ2v) is 29.9. The molecule has 10 aliphatic carbocycles. The summed E-state index contributed by atoms with van der Waals surface area (Å²) < 4.78 is 5.56. The van der Waals surface area contributed by atoms with Gasteiger partial charge in [0.05, 0.1) is 23.7 Å². The normalized spacial score (nSPS) is 48.7. The Bertz CT molecular complexity index is 2540. The fourth-order valence-corrected chi connectivity index (χ4v) is 20.4. The SMILES string of the molecule is COC(=O)C12CCC(C)(C)C[C@H]1[C@H]1C(=O)C=C3[C@@]4(C)C=C(C(=O)C5=C[C@]6(C)C7=CC(=O)[C@@H]8[C@@H]9CC(C)(C)CC[C@]9(C)CC[C@@]8(C)[C@]7(C)CC[C@H]6C(C)(C)C5=O)C(=O)C(C)(C)[C@@H]4CC[C@@]3(C)[C@]1(C)CC2. The second-order valence-electron chi connectivity index (χ2n) is 29.9. The van der Waals surface area contributed by atoms with E-state index < -0.39 is 43.7 Å². The molecule has 0 aromatic heterocycles. The Kier molecular flexibility index (Phi) is 10.2. The summed E-state index contributed by atoms with van der Waals surface area (Å²) in [5.41, 5.74) is -3.29. The summed E-state index contributed by atoms with van der Waals surface area (Å²) in [6.07, 6.45) is 20.1. The molecule has 0 heterocycles. The quantitative estimate of drug-likeness (QED) is 0.205. The molecule has 6 saturated carbocycles. The monoisotopic (exact) mass is 943 g/mol. The molecule has 69 heavy (non-hydrogen) atoms. The van der Waals surface area contributed by atoms with Gasteiger partial charge in [0.1, 0.15) is 0 Å². The summed E-state index contributed by atoms with van der Waals surface area (Å²) in [4.78, 5) is 90.4. The first-order valence-electron chi connectivity index (χ1n) is 27.3. The van der Waals surface area contributed by atoms with Crippen LogP contribution in [0.15, 0.2) is 46.6 Å². The number of ketones is 5. The van der Waals surface area contributed by atoms with Crippen molar-refractivity contribution < 1.29 is 33.5 Å². The number of hydrogen-bond acceptors (Lipinski definition) is 7. The lowest BCUT2D eigenvalue weighted by Gasteiger charge is -2.69. The van der Waals surface area contributed by atoms with Crippen LogP contribution in [0.25, 0.3) is 0 Å². The smallest absolute Gasteiger partial charge is 0.312 e. The molecule has 376 valence electrons. The number of esters is 1. The van der Waals surface area contributed by atoms with Gasteiger partial charge in [-0.15, -0.1) is 0 Å². The first-order chi connectivity index (χ1) is 31.6. The molecule has 14 atom stereocenters. The van der Waals surface area contributed by atoms with E-state index in [1.807, 2.05) is 52.0 Å². The first-order valence-corrected chi connectivity index (χ1v) is 27.3. The van der Waals surface area contributed by atoms with Gasteiger partial charge in [-0.25, -0.2) is 0 Å². The van der Waals surface area contributed by atoms with Crippen molar-refractivity contribution in [1.29, 1.82) is 0 Å². The molecular weight excluding hydrogens is 857 g/mol. The maximum Gasteiger partial charge on any atom is 0.312 e. The first kappa shape index (κ1) is 49.4. The fraction of sp³-hybridized carbons (Fsp3) is 0.774. The topological polar surface area (TPSA) is 112 Å². The molecule has 10 rings (SSSR count). The second kappa shape index (κ2) is 14.3. The van der Waals surface area contributed by atoms with E-state index in [4.69, 9.17) is 4.74 Å². The highest BCUT2D eigenvalue weighted by molar-refractivity contribution is 6.37. The standard InChI is InChI=1S/C62H86O7/c1-51(2)21-23-55(9)24-25-60(14)45(37(55)33-51)39(63)29-43-56(10)31-35(48(66)53(5,6)41(56)17-19-58(43,60)12)47(65)36-32-57(11)42(54(7,8)49(36)67)18-20-59(13)44(57)30-40(64)46-38-34-52(3,4)22-27-62(38,50(68)69-16)28-26-61(46,59)15/h29-32,37-38,41-42,45-46H,17-28,33-34H2,1-16H3/t37-,38-,41-,42-,45-,46-,55+,56-,57-,58+,59+,60+,61+,62?/m0/s1. The lowest BCUT2D eigenvalue weighted by molar-refractivity contribution is -0.191. The van der Waals surface area contributed by atoms with Gasteiger partial charge in [0.15, 0.2) is 28.9 Å². The average molecular weight is 943 g/mol. The lowest BCUT2D eigenvalue weighted by Crippen LogP contribution is -2.66. The number of methoxy groups -OCH3 is 1. The lowest BCUT2D eigenvalue weighted by atomic mass is 9.34. The van der Waals surface area contributed by atoms with E-state index >= 15 is 24.0 Å². The Morgan fingerprint density at radius 2 is 0.899 bits per heavy atom. The van der Waals surface area contributed by atoms with Crippen LogP contribution in [-0.2, 0) is 33.5 Å². The van der Waals surface area contributed by atoms with Crippen molar-refractivity contribution >= 4 is 34.9 Å². The van der Waals surface area contributed by atoms with Crippen LogP contribution in [-0.4, -0.2) is 42.0 Å². The van der Waals surface area contributed by atoms with Gasteiger partial charge in [0, 0.05) is 33.5 Å². The summed E-state index contributed by atoms with van der Waals surface area (Å²) in [5.74, 6) is -1.52. The molecule has 7 nitrogen and oxygen atoms in total. The van der Waals surface area contributed by atoms with Gasteiger partial charge in [-0.05, 0) is 164 Å². The predicted molar refractivity (Wildman–Crippen MR) is 269 cm³/mol. The minimum atomic E-state index is -0.966. The van der Waals surface area contributed by atoms with Crippen molar-refractivity contribution in [3.05, 3.63) is 46.6 Å². The molecule has 10 aliphatic rings. The van der Waals surface area contributed by atoms with Crippen molar-refractivity contribution in [2.24, 2.45) is 100 Å². The number of allylic oxidation sites excluding steroid dienone is 8. The number of carbonyl (C=O) groups excluding carboxylic acids is 6. The largest absolute Gasteiger partial charge is 0.469 e. The predicted octanol–water partition coefficient (Wildman–Crippen LogP) is 13.1. The van der Waals surface area contributed by atoms with Gasteiger partial charge in [-0.1, -0.05) is 127 Å². The third-order valence-electron chi connectivity index (χ3n) is 25.0. The molecule has 0 radical (unpaired) electrons. The molecule has 0 amide bonds. The summed E-state index contributed by atoms with van der Waals surface area (Å²) in [6.45, 7) is 33.4. The van der Waals surface area contributed by atoms with Crippen LogP contribution in [0.3, 0.4) is 0 Å². The number of fused-ring (bicyclic) bond motifs is 14. The molecule has 0 aromatic rings. The molecule has 0 spiro atoms. The van der Waals surface area contributed by atoms with Crippen LogP contribution in [0.2, 0.25) is 0 Å². The Morgan fingerprint density at radius 3 is 1.36 bits per heavy atom. The van der Waals surface area contributed by atoms with Crippen LogP contribution in [0.5, 0.6) is 0 Å². The molecule has 7 heteroatoms. The van der Waals surface area contributed by atoms with E-state index in [1.54, 1.807) is 0 Å². The van der Waals surface area contributed by atoms with Crippen LogP contribution < -0.4 is 0 Å². The van der Waals surface area contributed by atoms with Crippen molar-refractivity contribution in [2.45, 2.75) is 194 Å². The van der Waals surface area contributed by atoms with Crippen molar-refractivity contribution in [3.8, 4) is 0 Å². The zero-order valence-corrected chi connectivity index (χ0v) is 45.5. The van der Waals surface area contributed by atoms with Crippen molar-refractivity contribution in [2.75, 3.05) is 7.11 Å². The van der Waals surface area contributed by atoms with Crippen LogP contribution >= 0.6 is 0 Å². The number of ether oxygens (including phenoxy) is 1. The average Bonchev–Trinajstić information content (AvgIpc) is 3.25. The minimum Gasteiger partial charge on any atom is -0.469 e. The number of carbonyl (C=O) groups is 6. The molecule has 0 aromatic carbocycles. The molecule has 0 aliphatic heterocycles. The molecule has 0 saturated heterocycles. The van der Waals surface area contributed by atoms with E-state index in [0.29, 0.717) is 25.2 Å². The van der Waals surface area contributed by atoms with Gasteiger partial charge in [0.2, 0.25) is 0 Å². The third-order valence-corrected chi connectivity index (χ3v) is 25.0. The Morgan fingerprint density at radius 1 is 0.507 bits per heavy atom. The maximum absolute atomic E-state index is 15.8. The number of Topliss-reactive ketones (excluding diaryl/α,β-unsaturated/α-hetero) is 3. The Labute approximate surface area is 414 Å². The number of hydrogen-bond donors (Lipinski definition) is 0.